The molecule has 4 rings (SSSR count). The number of rotatable bonds is 1. The minimum atomic E-state index is 0.0459. The van der Waals surface area contributed by atoms with Crippen LogP contribution in [0.15, 0.2) is 28.5 Å². The number of piperazine rings is 1. The highest BCUT2D eigenvalue weighted by Gasteiger charge is 2.42. The molecule has 0 radical (unpaired) electrons. The highest BCUT2D eigenvalue weighted by Crippen LogP contribution is 2.40. The first kappa shape index (κ1) is 13.3. The standard InChI is InChI=1S/C14H19ClN6/c1-20-4-6-21(7-5-20)14-13-12(17-19-18-13)10-8-9(15)2-3-11(10)16-14/h2-3,8,12-14,16H,4-7H2,1H3,(H,17,18). The molecule has 0 bridgehead atoms. The summed E-state index contributed by atoms with van der Waals surface area (Å²) < 4.78 is 0. The van der Waals surface area contributed by atoms with E-state index < -0.39 is 0 Å². The maximum absolute atomic E-state index is 6.13. The smallest absolute Gasteiger partial charge is 0.125 e. The molecule has 112 valence electrons. The van der Waals surface area contributed by atoms with E-state index in [1.807, 2.05) is 18.2 Å². The number of nitrogens with one attached hydrogen (secondary N) is 2. The Morgan fingerprint density at radius 1 is 1.24 bits per heavy atom. The Morgan fingerprint density at radius 3 is 2.86 bits per heavy atom. The van der Waals surface area contributed by atoms with Crippen molar-refractivity contribution in [1.29, 1.82) is 0 Å². The van der Waals surface area contributed by atoms with Gasteiger partial charge in [0.15, 0.2) is 0 Å². The van der Waals surface area contributed by atoms with Crippen molar-refractivity contribution in [1.82, 2.24) is 15.2 Å². The molecule has 3 aliphatic rings. The molecule has 1 aromatic rings. The van der Waals surface area contributed by atoms with Gasteiger partial charge >= 0.3 is 0 Å². The molecule has 0 aliphatic carbocycles. The second-order valence-corrected chi connectivity index (χ2v) is 6.41. The molecular weight excluding hydrogens is 288 g/mol. The largest absolute Gasteiger partial charge is 0.367 e. The first-order valence-electron chi connectivity index (χ1n) is 7.36. The Labute approximate surface area is 129 Å². The molecule has 1 fully saturated rings. The second kappa shape index (κ2) is 5.12. The molecule has 7 heteroatoms. The molecule has 21 heavy (non-hydrogen) atoms. The van der Waals surface area contributed by atoms with Gasteiger partial charge in [0.2, 0.25) is 0 Å². The third kappa shape index (κ3) is 2.27. The molecule has 3 heterocycles. The maximum atomic E-state index is 6.13. The number of nitrogens with zero attached hydrogens (tertiary/aromatic N) is 4. The number of fused-ring (bicyclic) bond motifs is 3. The first-order chi connectivity index (χ1) is 10.2. The van der Waals surface area contributed by atoms with E-state index in [0.29, 0.717) is 0 Å². The van der Waals surface area contributed by atoms with Crippen molar-refractivity contribution in [3.63, 3.8) is 0 Å². The molecule has 0 spiro atoms. The van der Waals surface area contributed by atoms with Crippen molar-refractivity contribution in [3.05, 3.63) is 28.8 Å². The van der Waals surface area contributed by atoms with E-state index in [9.17, 15) is 0 Å². The van der Waals surface area contributed by atoms with E-state index in [-0.39, 0.29) is 18.2 Å². The second-order valence-electron chi connectivity index (χ2n) is 5.98. The summed E-state index contributed by atoms with van der Waals surface area (Å²) in [5, 5.41) is 12.8. The van der Waals surface area contributed by atoms with E-state index in [4.69, 9.17) is 11.6 Å². The lowest BCUT2D eigenvalue weighted by Crippen LogP contribution is -2.60. The Morgan fingerprint density at radius 2 is 2.05 bits per heavy atom. The van der Waals surface area contributed by atoms with Gasteiger partial charge in [-0.1, -0.05) is 16.8 Å². The van der Waals surface area contributed by atoms with Crippen LogP contribution in [0.5, 0.6) is 0 Å². The van der Waals surface area contributed by atoms with Gasteiger partial charge in [-0.05, 0) is 25.2 Å². The molecule has 2 N–H and O–H groups in total. The average Bonchev–Trinajstić information content (AvgIpc) is 2.97. The first-order valence-corrected chi connectivity index (χ1v) is 7.74. The van der Waals surface area contributed by atoms with Gasteiger partial charge in [0, 0.05) is 42.5 Å². The van der Waals surface area contributed by atoms with Crippen LogP contribution < -0.4 is 10.7 Å². The van der Waals surface area contributed by atoms with Gasteiger partial charge in [-0.3, -0.25) is 10.3 Å². The van der Waals surface area contributed by atoms with Gasteiger partial charge < -0.3 is 10.2 Å². The van der Waals surface area contributed by atoms with E-state index in [0.717, 1.165) is 42.5 Å². The minimum absolute atomic E-state index is 0.0459. The van der Waals surface area contributed by atoms with E-state index in [1.54, 1.807) is 0 Å². The summed E-state index contributed by atoms with van der Waals surface area (Å²) in [6, 6.07) is 6.18. The lowest BCUT2D eigenvalue weighted by Gasteiger charge is -2.44. The van der Waals surface area contributed by atoms with Crippen LogP contribution in [-0.4, -0.2) is 55.2 Å². The summed E-state index contributed by atoms with van der Waals surface area (Å²) in [4.78, 5) is 4.85. The average molecular weight is 307 g/mol. The van der Waals surface area contributed by atoms with Gasteiger partial charge in [-0.15, -0.1) is 0 Å². The monoisotopic (exact) mass is 306 g/mol. The van der Waals surface area contributed by atoms with Gasteiger partial charge in [0.1, 0.15) is 18.2 Å². The van der Waals surface area contributed by atoms with Crippen molar-refractivity contribution in [2.24, 2.45) is 10.3 Å². The quantitative estimate of drug-likeness (QED) is 0.829. The van der Waals surface area contributed by atoms with Crippen LogP contribution in [0.25, 0.3) is 0 Å². The molecule has 0 amide bonds. The van der Waals surface area contributed by atoms with E-state index in [1.165, 1.54) is 0 Å². The molecule has 1 saturated heterocycles. The van der Waals surface area contributed by atoms with Crippen LogP contribution in [-0.2, 0) is 0 Å². The fourth-order valence-electron chi connectivity index (χ4n) is 3.38. The Bertz CT molecular complexity index is 569. The number of likely N-dealkylation sites (N-methyl/N-ethyl adjacent to an activating group) is 1. The fraction of sp³-hybridized carbons (Fsp3) is 0.571. The summed E-state index contributed by atoms with van der Waals surface area (Å²) >= 11 is 6.13. The number of hydrogen-bond donors (Lipinski definition) is 2. The van der Waals surface area contributed by atoms with Crippen LogP contribution in [0, 0.1) is 0 Å². The van der Waals surface area contributed by atoms with Crippen molar-refractivity contribution < 1.29 is 0 Å². The zero-order valence-electron chi connectivity index (χ0n) is 12.0. The molecular formula is C14H19ClN6. The van der Waals surface area contributed by atoms with Gasteiger partial charge in [-0.2, -0.15) is 5.11 Å². The molecule has 6 nitrogen and oxygen atoms in total. The zero-order chi connectivity index (χ0) is 14.4. The number of anilines is 1. The summed E-state index contributed by atoms with van der Waals surface area (Å²) in [5.41, 5.74) is 5.42. The summed E-state index contributed by atoms with van der Waals surface area (Å²) in [6.07, 6.45) is 0.215. The van der Waals surface area contributed by atoms with Crippen LogP contribution in [0.2, 0.25) is 5.02 Å². The van der Waals surface area contributed by atoms with Crippen LogP contribution >= 0.6 is 11.6 Å². The fourth-order valence-corrected chi connectivity index (χ4v) is 3.56. The summed E-state index contributed by atoms with van der Waals surface area (Å²) in [6.45, 7) is 4.30. The molecule has 0 saturated carbocycles. The number of hydrogen-bond acceptors (Lipinski definition) is 6. The van der Waals surface area contributed by atoms with Gasteiger partial charge in [-0.25, -0.2) is 0 Å². The number of benzene rings is 1. The van der Waals surface area contributed by atoms with E-state index in [2.05, 4.69) is 37.9 Å². The normalized spacial score (nSPS) is 32.2. The lowest BCUT2D eigenvalue weighted by molar-refractivity contribution is 0.0995. The summed E-state index contributed by atoms with van der Waals surface area (Å²) in [5.74, 6) is 0. The summed E-state index contributed by atoms with van der Waals surface area (Å²) in [7, 11) is 2.17. The molecule has 3 atom stereocenters. The predicted molar refractivity (Wildman–Crippen MR) is 82.5 cm³/mol. The van der Waals surface area contributed by atoms with E-state index >= 15 is 0 Å². The van der Waals surface area contributed by atoms with Crippen molar-refractivity contribution in [2.75, 3.05) is 38.5 Å². The minimum Gasteiger partial charge on any atom is -0.367 e. The number of halogens is 1. The Balaban J connectivity index is 1.64. The van der Waals surface area contributed by atoms with Crippen molar-refractivity contribution in [3.8, 4) is 0 Å². The van der Waals surface area contributed by atoms with Crippen LogP contribution in [0.4, 0.5) is 5.69 Å². The Kier molecular flexibility index (Phi) is 3.24. The molecule has 0 aromatic heterocycles. The van der Waals surface area contributed by atoms with Crippen LogP contribution in [0.1, 0.15) is 11.6 Å². The topological polar surface area (TPSA) is 55.3 Å². The maximum Gasteiger partial charge on any atom is 0.125 e. The van der Waals surface area contributed by atoms with Gasteiger partial charge in [0.25, 0.3) is 0 Å². The lowest BCUT2D eigenvalue weighted by atomic mass is 9.92. The van der Waals surface area contributed by atoms with Crippen LogP contribution in [0.3, 0.4) is 0 Å². The van der Waals surface area contributed by atoms with Gasteiger partial charge in [0.05, 0.1) is 0 Å². The molecule has 3 unspecified atom stereocenters. The third-order valence-corrected chi connectivity index (χ3v) is 4.87. The van der Waals surface area contributed by atoms with Crippen molar-refractivity contribution in [2.45, 2.75) is 18.2 Å². The van der Waals surface area contributed by atoms with Crippen molar-refractivity contribution >= 4 is 17.3 Å². The molecule has 3 aliphatic heterocycles. The highest BCUT2D eigenvalue weighted by atomic mass is 35.5. The highest BCUT2D eigenvalue weighted by molar-refractivity contribution is 6.30. The molecule has 1 aromatic carbocycles. The SMILES string of the molecule is CN1CCN(C2Nc3ccc(Cl)cc3C3N=NNC32)CC1. The third-order valence-electron chi connectivity index (χ3n) is 4.64. The Hall–Kier alpha value is -1.37. The predicted octanol–water partition coefficient (Wildman–Crippen LogP) is 1.72. The zero-order valence-corrected chi connectivity index (χ0v) is 12.7.